The molecule has 2 aromatic heterocycles. The number of aromatic nitrogens is 4. The highest BCUT2D eigenvalue weighted by Gasteiger charge is 2.16. The van der Waals surface area contributed by atoms with Crippen molar-refractivity contribution in [3.05, 3.63) is 60.2 Å². The Morgan fingerprint density at radius 3 is 2.64 bits per heavy atom. The largest absolute Gasteiger partial charge is 0.305 e. The average Bonchev–Trinajstić information content (AvgIpc) is 3.08. The first-order valence-corrected chi connectivity index (χ1v) is 10.0. The molecule has 0 unspecified atom stereocenters. The Balaban J connectivity index is 1.84. The van der Waals surface area contributed by atoms with E-state index in [4.69, 9.17) is 10.2 Å². The second-order valence-electron chi connectivity index (χ2n) is 6.56. The molecular weight excluding hydrogens is 366 g/mol. The van der Waals surface area contributed by atoms with E-state index in [0.29, 0.717) is 12.2 Å². The first kappa shape index (κ1) is 18.2. The van der Waals surface area contributed by atoms with Crippen molar-refractivity contribution in [1.29, 1.82) is 5.26 Å². The summed E-state index contributed by atoms with van der Waals surface area (Å²) in [6.45, 7) is 2.08. The Bertz CT molecular complexity index is 1170. The van der Waals surface area contributed by atoms with E-state index in [9.17, 15) is 0 Å². The number of thioether (sulfide) groups is 1. The lowest BCUT2D eigenvalue weighted by molar-refractivity contribution is 0.794. The zero-order chi connectivity index (χ0) is 19.5. The SMILES string of the molecule is Cc1ccc(-c2cc(-c3nnc(SCCC#N)n3C)c3ccccc3n2)cc1. The summed E-state index contributed by atoms with van der Waals surface area (Å²) in [6, 6.07) is 20.7. The van der Waals surface area contributed by atoms with Gasteiger partial charge in [-0.2, -0.15) is 5.26 Å². The molecule has 0 saturated carbocycles. The third-order valence-corrected chi connectivity index (χ3v) is 5.61. The van der Waals surface area contributed by atoms with Crippen LogP contribution < -0.4 is 0 Å². The highest BCUT2D eigenvalue weighted by molar-refractivity contribution is 7.99. The Labute approximate surface area is 168 Å². The highest BCUT2D eigenvalue weighted by atomic mass is 32.2. The molecule has 2 aromatic carbocycles. The zero-order valence-electron chi connectivity index (χ0n) is 15.8. The number of fused-ring (bicyclic) bond motifs is 1. The van der Waals surface area contributed by atoms with Gasteiger partial charge in [0, 0.05) is 35.7 Å². The van der Waals surface area contributed by atoms with E-state index in [2.05, 4.69) is 59.6 Å². The Hall–Kier alpha value is -3.17. The summed E-state index contributed by atoms with van der Waals surface area (Å²) < 4.78 is 1.99. The predicted molar refractivity (Wildman–Crippen MR) is 113 cm³/mol. The standard InChI is InChI=1S/C22H19N5S/c1-15-8-10-16(11-9-15)20-14-18(17-6-3-4-7-19(17)24-20)21-25-26-22(27(21)2)28-13-5-12-23/h3-4,6-11,14H,5,13H2,1-2H3. The topological polar surface area (TPSA) is 67.4 Å². The summed E-state index contributed by atoms with van der Waals surface area (Å²) in [5.41, 5.74) is 5.14. The maximum Gasteiger partial charge on any atom is 0.191 e. The predicted octanol–water partition coefficient (Wildman–Crippen LogP) is 5.01. The van der Waals surface area contributed by atoms with Crippen LogP contribution in [-0.2, 0) is 7.05 Å². The highest BCUT2D eigenvalue weighted by Crippen LogP contribution is 2.32. The maximum absolute atomic E-state index is 8.76. The fraction of sp³-hybridized carbons (Fsp3) is 0.182. The molecule has 5 nitrogen and oxygen atoms in total. The van der Waals surface area contributed by atoms with Gasteiger partial charge in [0.25, 0.3) is 0 Å². The van der Waals surface area contributed by atoms with Crippen molar-refractivity contribution in [3.8, 4) is 28.7 Å². The van der Waals surface area contributed by atoms with Crippen molar-refractivity contribution in [2.24, 2.45) is 7.05 Å². The van der Waals surface area contributed by atoms with Gasteiger partial charge in [-0.3, -0.25) is 0 Å². The monoisotopic (exact) mass is 385 g/mol. The summed E-state index contributed by atoms with van der Waals surface area (Å²) in [5.74, 6) is 1.50. The minimum absolute atomic E-state index is 0.489. The second-order valence-corrected chi connectivity index (χ2v) is 7.62. The van der Waals surface area contributed by atoms with Crippen molar-refractivity contribution < 1.29 is 0 Å². The van der Waals surface area contributed by atoms with Gasteiger partial charge in [-0.05, 0) is 19.1 Å². The lowest BCUT2D eigenvalue weighted by atomic mass is 10.0. The molecule has 0 N–H and O–H groups in total. The van der Waals surface area contributed by atoms with Gasteiger partial charge in [0.1, 0.15) is 0 Å². The summed E-state index contributed by atoms with van der Waals surface area (Å²) in [5, 5.41) is 19.4. The van der Waals surface area contributed by atoms with Crippen LogP contribution in [0.3, 0.4) is 0 Å². The molecule has 28 heavy (non-hydrogen) atoms. The van der Waals surface area contributed by atoms with E-state index in [0.717, 1.165) is 38.7 Å². The van der Waals surface area contributed by atoms with Gasteiger partial charge in [-0.1, -0.05) is 59.8 Å². The molecule has 0 bridgehead atoms. The molecule has 0 atom stereocenters. The molecule has 0 fully saturated rings. The average molecular weight is 385 g/mol. The van der Waals surface area contributed by atoms with Crippen LogP contribution in [0, 0.1) is 18.3 Å². The molecule has 6 heteroatoms. The number of nitrogens with zero attached hydrogens (tertiary/aromatic N) is 5. The van der Waals surface area contributed by atoms with Crippen LogP contribution in [0.1, 0.15) is 12.0 Å². The van der Waals surface area contributed by atoms with Gasteiger partial charge >= 0.3 is 0 Å². The van der Waals surface area contributed by atoms with E-state index in [1.165, 1.54) is 5.56 Å². The molecule has 0 aliphatic carbocycles. The number of aryl methyl sites for hydroxylation is 1. The molecule has 0 saturated heterocycles. The summed E-state index contributed by atoms with van der Waals surface area (Å²) in [4.78, 5) is 4.86. The fourth-order valence-electron chi connectivity index (χ4n) is 3.10. The number of rotatable bonds is 5. The molecular formula is C22H19N5S. The summed E-state index contributed by atoms with van der Waals surface area (Å²) >= 11 is 1.55. The number of nitriles is 1. The first-order valence-electron chi connectivity index (χ1n) is 9.03. The molecule has 0 aliphatic rings. The molecule has 0 aliphatic heterocycles. The minimum atomic E-state index is 0.489. The Morgan fingerprint density at radius 2 is 1.86 bits per heavy atom. The van der Waals surface area contributed by atoms with E-state index in [1.807, 2.05) is 29.8 Å². The maximum atomic E-state index is 8.76. The second kappa shape index (κ2) is 7.83. The molecule has 4 rings (SSSR count). The number of hydrogen-bond acceptors (Lipinski definition) is 5. The van der Waals surface area contributed by atoms with Crippen LogP contribution in [-0.4, -0.2) is 25.5 Å². The molecule has 0 amide bonds. The zero-order valence-corrected chi connectivity index (χ0v) is 16.6. The molecule has 0 radical (unpaired) electrons. The van der Waals surface area contributed by atoms with Gasteiger partial charge in [0.15, 0.2) is 11.0 Å². The van der Waals surface area contributed by atoms with Crippen molar-refractivity contribution in [2.75, 3.05) is 5.75 Å². The van der Waals surface area contributed by atoms with Crippen molar-refractivity contribution >= 4 is 22.7 Å². The van der Waals surface area contributed by atoms with Crippen LogP contribution in [0.25, 0.3) is 33.5 Å². The third kappa shape index (κ3) is 3.49. The van der Waals surface area contributed by atoms with E-state index < -0.39 is 0 Å². The number of benzene rings is 2. The number of hydrogen-bond donors (Lipinski definition) is 0. The quantitative estimate of drug-likeness (QED) is 0.357. The van der Waals surface area contributed by atoms with Gasteiger partial charge in [0.05, 0.1) is 17.3 Å². The van der Waals surface area contributed by atoms with E-state index in [1.54, 1.807) is 11.8 Å². The molecule has 0 spiro atoms. The summed E-state index contributed by atoms with van der Waals surface area (Å²) in [7, 11) is 1.96. The number of para-hydroxylation sites is 1. The number of pyridine rings is 1. The fourth-order valence-corrected chi connectivity index (χ4v) is 3.85. The minimum Gasteiger partial charge on any atom is -0.305 e. The lowest BCUT2D eigenvalue weighted by Crippen LogP contribution is -1.97. The first-order chi connectivity index (χ1) is 13.7. The van der Waals surface area contributed by atoms with Crippen LogP contribution in [0.5, 0.6) is 0 Å². The van der Waals surface area contributed by atoms with Crippen LogP contribution >= 0.6 is 11.8 Å². The van der Waals surface area contributed by atoms with Crippen LogP contribution in [0.15, 0.2) is 59.8 Å². The molecule has 2 heterocycles. The van der Waals surface area contributed by atoms with Crippen LogP contribution in [0.4, 0.5) is 0 Å². The lowest BCUT2D eigenvalue weighted by Gasteiger charge is -2.10. The smallest absolute Gasteiger partial charge is 0.191 e. The molecule has 138 valence electrons. The third-order valence-electron chi connectivity index (χ3n) is 4.58. The van der Waals surface area contributed by atoms with Gasteiger partial charge in [0.2, 0.25) is 0 Å². The normalized spacial score (nSPS) is 10.9. The van der Waals surface area contributed by atoms with Crippen LogP contribution in [0.2, 0.25) is 0 Å². The van der Waals surface area contributed by atoms with Gasteiger partial charge < -0.3 is 4.57 Å². The van der Waals surface area contributed by atoms with Gasteiger partial charge in [-0.25, -0.2) is 4.98 Å². The van der Waals surface area contributed by atoms with Crippen molar-refractivity contribution in [3.63, 3.8) is 0 Å². The Morgan fingerprint density at radius 1 is 1.07 bits per heavy atom. The van der Waals surface area contributed by atoms with Crippen molar-refractivity contribution in [2.45, 2.75) is 18.5 Å². The van der Waals surface area contributed by atoms with Crippen molar-refractivity contribution in [1.82, 2.24) is 19.7 Å². The molecule has 4 aromatic rings. The van der Waals surface area contributed by atoms with E-state index in [-0.39, 0.29) is 0 Å². The van der Waals surface area contributed by atoms with E-state index >= 15 is 0 Å². The Kier molecular flexibility index (Phi) is 5.09. The summed E-state index contributed by atoms with van der Waals surface area (Å²) in [6.07, 6.45) is 0.489. The van der Waals surface area contributed by atoms with Gasteiger partial charge in [-0.15, -0.1) is 10.2 Å².